The molecule has 0 saturated carbocycles. The Morgan fingerprint density at radius 3 is 2.56 bits per heavy atom. The lowest BCUT2D eigenvalue weighted by atomic mass is 10.1. The Hall–Kier alpha value is -2.81. The molecule has 0 spiro atoms. The van der Waals surface area contributed by atoms with E-state index < -0.39 is 29.3 Å². The van der Waals surface area contributed by atoms with Crippen molar-refractivity contribution in [2.24, 2.45) is 0 Å². The second-order valence-corrected chi connectivity index (χ2v) is 5.21. The smallest absolute Gasteiger partial charge is 0.422 e. The van der Waals surface area contributed by atoms with Crippen LogP contribution >= 0.6 is 11.6 Å². The van der Waals surface area contributed by atoms with Crippen molar-refractivity contribution < 1.29 is 27.6 Å². The van der Waals surface area contributed by atoms with Crippen molar-refractivity contribution in [2.75, 3.05) is 11.9 Å². The van der Waals surface area contributed by atoms with Gasteiger partial charge in [-0.1, -0.05) is 23.7 Å². The molecule has 132 valence electrons. The summed E-state index contributed by atoms with van der Waals surface area (Å²) in [4.78, 5) is 22.5. The van der Waals surface area contributed by atoms with Crippen LogP contribution in [0.5, 0.6) is 5.75 Å². The van der Waals surface area contributed by atoms with E-state index in [0.717, 1.165) is 12.1 Å². The molecule has 2 aromatic rings. The van der Waals surface area contributed by atoms with E-state index in [2.05, 4.69) is 10.1 Å². The van der Waals surface area contributed by atoms with Gasteiger partial charge in [-0.2, -0.15) is 13.2 Å². The van der Waals surface area contributed by atoms with E-state index in [1.807, 2.05) is 0 Å². The molecule has 6 nitrogen and oxygen atoms in total. The van der Waals surface area contributed by atoms with Crippen LogP contribution in [-0.2, 0) is 0 Å². The number of nitro groups is 1. The summed E-state index contributed by atoms with van der Waals surface area (Å²) in [6.07, 6.45) is -4.57. The lowest BCUT2D eigenvalue weighted by Gasteiger charge is -2.14. The normalized spacial score (nSPS) is 11.0. The molecule has 25 heavy (non-hydrogen) atoms. The number of hydrogen-bond donors (Lipinski definition) is 1. The van der Waals surface area contributed by atoms with Crippen molar-refractivity contribution in [1.29, 1.82) is 0 Å². The van der Waals surface area contributed by atoms with Gasteiger partial charge in [-0.25, -0.2) is 0 Å². The average molecular weight is 375 g/mol. The molecule has 0 aliphatic rings. The van der Waals surface area contributed by atoms with Gasteiger partial charge in [0.2, 0.25) is 0 Å². The number of halogens is 4. The van der Waals surface area contributed by atoms with Crippen molar-refractivity contribution in [1.82, 2.24) is 0 Å². The molecule has 0 unspecified atom stereocenters. The Labute approximate surface area is 144 Å². The van der Waals surface area contributed by atoms with Gasteiger partial charge in [0.1, 0.15) is 11.3 Å². The minimum atomic E-state index is -4.57. The Morgan fingerprint density at radius 2 is 1.92 bits per heavy atom. The number of alkyl halides is 3. The molecule has 0 heterocycles. The zero-order valence-corrected chi connectivity index (χ0v) is 13.1. The number of carbonyl (C=O) groups is 1. The maximum absolute atomic E-state index is 12.3. The molecule has 10 heteroatoms. The summed E-state index contributed by atoms with van der Waals surface area (Å²) in [7, 11) is 0. The highest BCUT2D eigenvalue weighted by Gasteiger charge is 2.29. The molecule has 0 fully saturated rings. The third-order valence-corrected chi connectivity index (χ3v) is 3.16. The SMILES string of the molecule is O=C(Nc1cc(Cl)ccc1OCC(F)(F)F)c1ccccc1[N+](=O)[O-]. The number of anilines is 1. The first-order chi connectivity index (χ1) is 11.7. The molecule has 0 saturated heterocycles. The average Bonchev–Trinajstić information content (AvgIpc) is 2.53. The second-order valence-electron chi connectivity index (χ2n) is 4.77. The summed E-state index contributed by atoms with van der Waals surface area (Å²) in [6, 6.07) is 8.77. The predicted octanol–water partition coefficient (Wildman–Crippen LogP) is 4.44. The molecule has 0 aliphatic heterocycles. The van der Waals surface area contributed by atoms with Gasteiger partial charge in [0, 0.05) is 11.1 Å². The van der Waals surface area contributed by atoms with Gasteiger partial charge in [-0.3, -0.25) is 14.9 Å². The van der Waals surface area contributed by atoms with Gasteiger partial charge in [0.05, 0.1) is 10.6 Å². The molecular formula is C15H10ClF3N2O4. The van der Waals surface area contributed by atoms with Gasteiger partial charge >= 0.3 is 6.18 Å². The van der Waals surface area contributed by atoms with E-state index in [1.165, 1.54) is 30.3 Å². The van der Waals surface area contributed by atoms with Crippen LogP contribution < -0.4 is 10.1 Å². The van der Waals surface area contributed by atoms with Crippen LogP contribution in [0.15, 0.2) is 42.5 Å². The van der Waals surface area contributed by atoms with Crippen molar-refractivity contribution in [2.45, 2.75) is 6.18 Å². The van der Waals surface area contributed by atoms with Crippen molar-refractivity contribution in [3.8, 4) is 5.75 Å². The molecule has 1 N–H and O–H groups in total. The number of benzene rings is 2. The number of nitrogens with zero attached hydrogens (tertiary/aromatic N) is 1. The fraction of sp³-hybridized carbons (Fsp3) is 0.133. The maximum atomic E-state index is 12.3. The number of para-hydroxylation sites is 1. The summed E-state index contributed by atoms with van der Waals surface area (Å²) in [5, 5.41) is 13.4. The van der Waals surface area contributed by atoms with Crippen LogP contribution in [0.2, 0.25) is 5.02 Å². The van der Waals surface area contributed by atoms with Crippen molar-refractivity contribution >= 4 is 28.9 Å². The third-order valence-electron chi connectivity index (χ3n) is 2.93. The van der Waals surface area contributed by atoms with Gasteiger partial charge in [-0.05, 0) is 24.3 Å². The number of ether oxygens (including phenoxy) is 1. The Balaban J connectivity index is 2.29. The number of amides is 1. The minimum absolute atomic E-state index is 0.136. The Kier molecular flexibility index (Phi) is 5.48. The topological polar surface area (TPSA) is 81.5 Å². The molecule has 2 rings (SSSR count). The Bertz CT molecular complexity index is 812. The van der Waals surface area contributed by atoms with E-state index in [9.17, 15) is 28.1 Å². The van der Waals surface area contributed by atoms with Crippen molar-refractivity contribution in [3.05, 3.63) is 63.2 Å². The van der Waals surface area contributed by atoms with E-state index in [-0.39, 0.29) is 22.0 Å². The molecule has 0 aromatic heterocycles. The van der Waals surface area contributed by atoms with E-state index >= 15 is 0 Å². The van der Waals surface area contributed by atoms with E-state index in [1.54, 1.807) is 0 Å². The van der Waals surface area contributed by atoms with Gasteiger partial charge < -0.3 is 10.1 Å². The van der Waals surface area contributed by atoms with E-state index in [0.29, 0.717) is 0 Å². The second kappa shape index (κ2) is 7.39. The first-order valence-electron chi connectivity index (χ1n) is 6.71. The summed E-state index contributed by atoms with van der Waals surface area (Å²) < 4.78 is 41.6. The summed E-state index contributed by atoms with van der Waals surface area (Å²) in [5.41, 5.74) is -0.839. The molecule has 1 amide bonds. The van der Waals surface area contributed by atoms with Crippen LogP contribution in [-0.4, -0.2) is 23.6 Å². The fourth-order valence-electron chi connectivity index (χ4n) is 1.90. The summed E-state index contributed by atoms with van der Waals surface area (Å²) in [6.45, 7) is -1.57. The van der Waals surface area contributed by atoms with Crippen LogP contribution in [0.3, 0.4) is 0 Å². The highest BCUT2D eigenvalue weighted by molar-refractivity contribution is 6.31. The number of rotatable bonds is 5. The summed E-state index contributed by atoms with van der Waals surface area (Å²) >= 11 is 5.78. The monoisotopic (exact) mass is 374 g/mol. The molecule has 0 atom stereocenters. The first-order valence-corrected chi connectivity index (χ1v) is 7.09. The van der Waals surface area contributed by atoms with Crippen LogP contribution in [0.25, 0.3) is 0 Å². The Morgan fingerprint density at radius 1 is 1.24 bits per heavy atom. The quantitative estimate of drug-likeness (QED) is 0.619. The van der Waals surface area contributed by atoms with Gasteiger partial charge in [0.25, 0.3) is 11.6 Å². The fourth-order valence-corrected chi connectivity index (χ4v) is 2.07. The molecule has 2 aromatic carbocycles. The van der Waals surface area contributed by atoms with E-state index in [4.69, 9.17) is 11.6 Å². The minimum Gasteiger partial charge on any atom is -0.482 e. The summed E-state index contributed by atoms with van der Waals surface area (Å²) in [5.74, 6) is -1.15. The third kappa shape index (κ3) is 5.08. The maximum Gasteiger partial charge on any atom is 0.422 e. The molecule has 0 bridgehead atoms. The van der Waals surface area contributed by atoms with Crippen molar-refractivity contribution in [3.63, 3.8) is 0 Å². The van der Waals surface area contributed by atoms with Crippen LogP contribution in [0.1, 0.15) is 10.4 Å². The standard InChI is InChI=1S/C15H10ClF3N2O4/c16-9-5-6-13(25-8-15(17,18)19)11(7-9)20-14(22)10-3-1-2-4-12(10)21(23)24/h1-7H,8H2,(H,20,22). The first kappa shape index (κ1) is 18.5. The number of hydrogen-bond acceptors (Lipinski definition) is 4. The number of nitro benzene ring substituents is 1. The lowest BCUT2D eigenvalue weighted by molar-refractivity contribution is -0.385. The number of nitrogens with one attached hydrogen (secondary N) is 1. The molecular weight excluding hydrogens is 365 g/mol. The van der Waals surface area contributed by atoms with Gasteiger partial charge in [0.15, 0.2) is 6.61 Å². The highest BCUT2D eigenvalue weighted by Crippen LogP contribution is 2.30. The largest absolute Gasteiger partial charge is 0.482 e. The lowest BCUT2D eigenvalue weighted by Crippen LogP contribution is -2.20. The highest BCUT2D eigenvalue weighted by atomic mass is 35.5. The zero-order chi connectivity index (χ0) is 18.6. The predicted molar refractivity (Wildman–Crippen MR) is 84.1 cm³/mol. The zero-order valence-electron chi connectivity index (χ0n) is 12.3. The van der Waals surface area contributed by atoms with Crippen LogP contribution in [0, 0.1) is 10.1 Å². The molecule has 0 aliphatic carbocycles. The van der Waals surface area contributed by atoms with Crippen LogP contribution in [0.4, 0.5) is 24.5 Å². The van der Waals surface area contributed by atoms with Gasteiger partial charge in [-0.15, -0.1) is 0 Å². The number of carbonyl (C=O) groups excluding carboxylic acids is 1. The molecule has 0 radical (unpaired) electrons.